The van der Waals surface area contributed by atoms with Crippen molar-refractivity contribution in [1.82, 2.24) is 25.5 Å². The first-order valence-corrected chi connectivity index (χ1v) is 22.6. The van der Waals surface area contributed by atoms with E-state index in [0.717, 1.165) is 101 Å². The summed E-state index contributed by atoms with van der Waals surface area (Å²) in [6, 6.07) is 10.2. The summed E-state index contributed by atoms with van der Waals surface area (Å²) in [6.07, 6.45) is 11.0. The van der Waals surface area contributed by atoms with Gasteiger partial charge in [-0.2, -0.15) is 8.78 Å². The lowest BCUT2D eigenvalue weighted by Gasteiger charge is -2.39. The standard InChI is InChI=1S/C47H57F3N8O5/c1-55-38-26-51-40(53-42(38)58(34-5-3-4-6-34)28-47(49,50)45(55)62)23-31-7-8-32(22-39(31)63-2)43(60)52-25-33-24-46(33)15-19-56(20-16-46)27-29-13-17-57(18-14-29)37-11-9-30(21-36(37)48)35-10-12-41(59)54-44(35)61/h7-9,11,21-22,26,29,33-35H,3-6,10,12-20,23-25,27-28H2,1-2H3,(H,52,60)(H,54,59,61). The molecule has 2 aromatic carbocycles. The number of hydrogen-bond acceptors (Lipinski definition) is 10. The molecule has 5 fully saturated rings. The van der Waals surface area contributed by atoms with Gasteiger partial charge in [0.05, 0.1) is 31.5 Å². The Balaban J connectivity index is 0.739. The van der Waals surface area contributed by atoms with Crippen LogP contribution >= 0.6 is 0 Å². The maximum atomic E-state index is 15.3. The Labute approximate surface area is 366 Å². The monoisotopic (exact) mass is 870 g/mol. The number of carbonyl (C=O) groups is 4. The van der Waals surface area contributed by atoms with E-state index in [-0.39, 0.29) is 53.5 Å². The number of rotatable bonds is 11. The second kappa shape index (κ2) is 17.4. The second-order valence-electron chi connectivity index (χ2n) is 18.8. The first kappa shape index (κ1) is 43.0. The quantitative estimate of drug-likeness (QED) is 0.226. The molecule has 13 nitrogen and oxygen atoms in total. The van der Waals surface area contributed by atoms with Crippen molar-refractivity contribution in [3.8, 4) is 5.75 Å². The summed E-state index contributed by atoms with van der Waals surface area (Å²) in [5.74, 6) is -4.23. The Bertz CT molecular complexity index is 2250. The third-order valence-electron chi connectivity index (χ3n) is 14.9. The van der Waals surface area contributed by atoms with Gasteiger partial charge in [0.1, 0.15) is 23.1 Å². The first-order valence-electron chi connectivity index (χ1n) is 22.6. The molecule has 3 aromatic rings. The van der Waals surface area contributed by atoms with Crippen molar-refractivity contribution in [2.75, 3.05) is 74.7 Å². The average Bonchev–Trinajstić information content (AvgIpc) is 3.66. The summed E-state index contributed by atoms with van der Waals surface area (Å²) in [5, 5.41) is 5.53. The number of halogens is 3. The highest BCUT2D eigenvalue weighted by atomic mass is 19.3. The molecule has 6 aliphatic rings. The van der Waals surface area contributed by atoms with Gasteiger partial charge in [-0.15, -0.1) is 0 Å². The van der Waals surface area contributed by atoms with Crippen LogP contribution in [0.3, 0.4) is 0 Å². The Morgan fingerprint density at radius 2 is 1.73 bits per heavy atom. The topological polar surface area (TPSA) is 140 Å². The predicted molar refractivity (Wildman–Crippen MR) is 231 cm³/mol. The second-order valence-corrected chi connectivity index (χ2v) is 18.8. The summed E-state index contributed by atoms with van der Waals surface area (Å²) in [7, 11) is 2.88. The van der Waals surface area contributed by atoms with E-state index < -0.39 is 24.3 Å². The van der Waals surface area contributed by atoms with Gasteiger partial charge in [-0.1, -0.05) is 25.0 Å². The number of aromatic nitrogens is 2. The van der Waals surface area contributed by atoms with E-state index in [1.165, 1.54) is 19.3 Å². The zero-order valence-corrected chi connectivity index (χ0v) is 36.1. The molecule has 2 saturated carbocycles. The predicted octanol–water partition coefficient (Wildman–Crippen LogP) is 5.84. The van der Waals surface area contributed by atoms with Crippen molar-refractivity contribution in [1.29, 1.82) is 0 Å². The zero-order valence-electron chi connectivity index (χ0n) is 36.1. The van der Waals surface area contributed by atoms with Gasteiger partial charge in [0.2, 0.25) is 11.8 Å². The molecular weight excluding hydrogens is 814 g/mol. The Morgan fingerprint density at radius 1 is 0.968 bits per heavy atom. The van der Waals surface area contributed by atoms with E-state index in [2.05, 4.69) is 25.4 Å². The molecule has 16 heteroatoms. The molecular formula is C47H57F3N8O5. The highest BCUT2D eigenvalue weighted by molar-refractivity contribution is 6.02. The van der Waals surface area contributed by atoms with Crippen LogP contribution in [0.5, 0.6) is 5.75 Å². The lowest BCUT2D eigenvalue weighted by Crippen LogP contribution is -2.48. The number of benzene rings is 2. The summed E-state index contributed by atoms with van der Waals surface area (Å²) < 4.78 is 51.1. The van der Waals surface area contributed by atoms with Crippen molar-refractivity contribution in [3.05, 3.63) is 70.9 Å². The Hall–Kier alpha value is -5.25. The van der Waals surface area contributed by atoms with Gasteiger partial charge in [-0.05, 0) is 112 Å². The van der Waals surface area contributed by atoms with Gasteiger partial charge in [0, 0.05) is 63.2 Å². The van der Waals surface area contributed by atoms with Crippen LogP contribution in [0.2, 0.25) is 0 Å². The molecule has 2 atom stereocenters. The number of amides is 4. The molecule has 2 aliphatic carbocycles. The number of anilines is 3. The summed E-state index contributed by atoms with van der Waals surface area (Å²) >= 11 is 0. The van der Waals surface area contributed by atoms with Crippen LogP contribution in [0.25, 0.3) is 0 Å². The number of nitrogens with one attached hydrogen (secondary N) is 2. The molecule has 0 bridgehead atoms. The fourth-order valence-electron chi connectivity index (χ4n) is 10.9. The molecule has 63 heavy (non-hydrogen) atoms. The Kier molecular flexibility index (Phi) is 11.9. The Morgan fingerprint density at radius 3 is 2.44 bits per heavy atom. The first-order chi connectivity index (χ1) is 30.3. The van der Waals surface area contributed by atoms with Gasteiger partial charge in [0.15, 0.2) is 5.82 Å². The minimum atomic E-state index is -3.55. The number of imide groups is 1. The number of likely N-dealkylation sites (tertiary alicyclic amines) is 1. The smallest absolute Gasteiger partial charge is 0.342 e. The van der Waals surface area contributed by atoms with Gasteiger partial charge >= 0.3 is 5.92 Å². The van der Waals surface area contributed by atoms with Crippen LogP contribution in [-0.4, -0.2) is 110 Å². The maximum Gasteiger partial charge on any atom is 0.342 e. The van der Waals surface area contributed by atoms with E-state index in [1.807, 2.05) is 12.1 Å². The highest BCUT2D eigenvalue weighted by Gasteiger charge is 2.54. The van der Waals surface area contributed by atoms with Crippen molar-refractivity contribution in [3.63, 3.8) is 0 Å². The number of carbonyl (C=O) groups excluding carboxylic acids is 4. The van der Waals surface area contributed by atoms with Gasteiger partial charge < -0.3 is 29.7 Å². The van der Waals surface area contributed by atoms with Crippen LogP contribution in [0.4, 0.5) is 30.4 Å². The number of ether oxygens (including phenoxy) is 1. The molecule has 4 aliphatic heterocycles. The van der Waals surface area contributed by atoms with Gasteiger partial charge in [-0.25, -0.2) is 14.4 Å². The number of nitrogens with zero attached hydrogens (tertiary/aromatic N) is 6. The lowest BCUT2D eigenvalue weighted by atomic mass is 9.88. The van der Waals surface area contributed by atoms with Crippen molar-refractivity contribution in [2.45, 2.75) is 94.9 Å². The van der Waals surface area contributed by atoms with Crippen LogP contribution in [-0.2, 0) is 20.8 Å². The maximum absolute atomic E-state index is 15.3. The normalized spacial score (nSPS) is 24.0. The van der Waals surface area contributed by atoms with E-state index in [0.29, 0.717) is 59.0 Å². The summed E-state index contributed by atoms with van der Waals surface area (Å²) in [5.41, 5.74) is 2.94. The molecule has 4 amide bonds. The minimum Gasteiger partial charge on any atom is -0.496 e. The number of alkyl halides is 2. The van der Waals surface area contributed by atoms with E-state index in [1.54, 1.807) is 30.2 Å². The minimum absolute atomic E-state index is 0.133. The highest BCUT2D eigenvalue weighted by Crippen LogP contribution is 2.59. The molecule has 1 spiro atoms. The summed E-state index contributed by atoms with van der Waals surface area (Å²) in [6.45, 7) is 4.56. The van der Waals surface area contributed by atoms with Gasteiger partial charge in [0.25, 0.3) is 11.8 Å². The molecule has 2 unspecified atom stereocenters. The third kappa shape index (κ3) is 8.84. The number of fused-ring (bicyclic) bond motifs is 1. The molecule has 336 valence electrons. The lowest BCUT2D eigenvalue weighted by molar-refractivity contribution is -0.140. The van der Waals surface area contributed by atoms with Crippen LogP contribution in [0.15, 0.2) is 42.6 Å². The van der Waals surface area contributed by atoms with E-state index >= 15 is 13.2 Å². The third-order valence-corrected chi connectivity index (χ3v) is 14.9. The number of piperidine rings is 3. The van der Waals surface area contributed by atoms with E-state index in [9.17, 15) is 19.2 Å². The molecule has 5 heterocycles. The van der Waals surface area contributed by atoms with Crippen molar-refractivity contribution < 1.29 is 37.1 Å². The fourth-order valence-corrected chi connectivity index (χ4v) is 10.9. The van der Waals surface area contributed by atoms with Crippen molar-refractivity contribution >= 4 is 40.8 Å². The van der Waals surface area contributed by atoms with Crippen LogP contribution < -0.4 is 30.1 Å². The molecule has 2 N–H and O–H groups in total. The number of methoxy groups -OCH3 is 1. The number of hydrogen-bond donors (Lipinski definition) is 2. The fraction of sp³-hybridized carbons (Fsp3) is 0.574. The van der Waals surface area contributed by atoms with Gasteiger partial charge in [-0.3, -0.25) is 24.5 Å². The van der Waals surface area contributed by atoms with E-state index in [4.69, 9.17) is 9.72 Å². The summed E-state index contributed by atoms with van der Waals surface area (Å²) in [4.78, 5) is 66.4. The molecule has 9 rings (SSSR count). The molecule has 3 saturated heterocycles. The van der Waals surface area contributed by atoms with Crippen LogP contribution in [0, 0.1) is 23.1 Å². The molecule has 1 aromatic heterocycles. The average molecular weight is 871 g/mol. The van der Waals surface area contributed by atoms with Crippen molar-refractivity contribution in [2.24, 2.45) is 17.3 Å². The van der Waals surface area contributed by atoms with Crippen LogP contribution in [0.1, 0.15) is 104 Å². The molecule has 0 radical (unpaired) electrons. The largest absolute Gasteiger partial charge is 0.496 e. The zero-order chi connectivity index (χ0) is 44.0. The SMILES string of the molecule is COc1cc(C(=O)NCC2CC23CCN(CC2CCN(c4ccc(C5CCC(=O)NC5=O)cc4F)CC2)CC3)ccc1Cc1ncc2c(n1)N(C1CCCC1)CC(F)(F)C(=O)N2C.